The van der Waals surface area contributed by atoms with Crippen LogP contribution in [0.2, 0.25) is 5.02 Å². The lowest BCUT2D eigenvalue weighted by atomic mass is 9.99. The standard InChI is InChI=1S/C26H26ClN5OS2/c1-17-11-13-31(14-12-17)25(33)21-15-34-23(28-21)16-35-26-30-29-24(19-8-4-5-9-20(19)27)32(26)22-10-6-3-7-18(22)2/h3-10,15,17H,11-14,16H2,1-2H3. The Hall–Kier alpha value is -2.68. The van der Waals surface area contributed by atoms with Gasteiger partial charge in [0, 0.05) is 24.0 Å². The van der Waals surface area contributed by atoms with Crippen LogP contribution < -0.4 is 0 Å². The molecule has 0 N–H and O–H groups in total. The Bertz CT molecular complexity index is 1340. The normalized spacial score (nSPS) is 14.4. The van der Waals surface area contributed by atoms with Gasteiger partial charge in [0.05, 0.1) is 16.5 Å². The molecule has 1 fully saturated rings. The molecule has 1 aliphatic rings. The van der Waals surface area contributed by atoms with Crippen LogP contribution in [0.3, 0.4) is 0 Å². The van der Waals surface area contributed by atoms with E-state index in [1.165, 1.54) is 11.3 Å². The number of amides is 1. The van der Waals surface area contributed by atoms with Crippen LogP contribution in [-0.4, -0.2) is 43.6 Å². The number of hydrogen-bond acceptors (Lipinski definition) is 6. The van der Waals surface area contributed by atoms with Gasteiger partial charge in [-0.3, -0.25) is 9.36 Å². The fourth-order valence-electron chi connectivity index (χ4n) is 4.19. The van der Waals surface area contributed by atoms with E-state index in [2.05, 4.69) is 45.7 Å². The van der Waals surface area contributed by atoms with Gasteiger partial charge in [-0.2, -0.15) is 0 Å². The van der Waals surface area contributed by atoms with Gasteiger partial charge >= 0.3 is 0 Å². The van der Waals surface area contributed by atoms with Crippen molar-refractivity contribution in [3.8, 4) is 17.1 Å². The number of piperidine rings is 1. The van der Waals surface area contributed by atoms with Gasteiger partial charge < -0.3 is 4.90 Å². The number of thiazole rings is 1. The number of rotatable bonds is 6. The van der Waals surface area contributed by atoms with Crippen molar-refractivity contribution in [3.63, 3.8) is 0 Å². The quantitative estimate of drug-likeness (QED) is 0.269. The minimum Gasteiger partial charge on any atom is -0.337 e. The van der Waals surface area contributed by atoms with Crippen molar-refractivity contribution >= 4 is 40.6 Å². The molecule has 3 heterocycles. The smallest absolute Gasteiger partial charge is 0.273 e. The minimum absolute atomic E-state index is 0.0356. The maximum Gasteiger partial charge on any atom is 0.273 e. The molecule has 2 aromatic heterocycles. The molecule has 0 bridgehead atoms. The van der Waals surface area contributed by atoms with Crippen molar-refractivity contribution in [1.29, 1.82) is 0 Å². The maximum absolute atomic E-state index is 12.9. The molecule has 5 rings (SSSR count). The van der Waals surface area contributed by atoms with Gasteiger partial charge in [0.2, 0.25) is 0 Å². The first-order chi connectivity index (χ1) is 17.0. The molecule has 0 saturated carbocycles. The lowest BCUT2D eigenvalue weighted by Gasteiger charge is -2.29. The largest absolute Gasteiger partial charge is 0.337 e. The first-order valence-corrected chi connectivity index (χ1v) is 13.9. The Morgan fingerprint density at radius 1 is 1.11 bits per heavy atom. The number of thioether (sulfide) groups is 1. The number of likely N-dealkylation sites (tertiary alicyclic amines) is 1. The topological polar surface area (TPSA) is 63.9 Å². The molecule has 1 saturated heterocycles. The first kappa shape index (κ1) is 24.0. The van der Waals surface area contributed by atoms with Crippen LogP contribution in [0.15, 0.2) is 59.1 Å². The van der Waals surface area contributed by atoms with Crippen LogP contribution in [0.4, 0.5) is 0 Å². The third-order valence-corrected chi connectivity index (χ3v) is 8.57. The highest BCUT2D eigenvalue weighted by Gasteiger charge is 2.24. The molecule has 0 atom stereocenters. The lowest BCUT2D eigenvalue weighted by molar-refractivity contribution is 0.0692. The average Bonchev–Trinajstić information content (AvgIpc) is 3.51. The summed E-state index contributed by atoms with van der Waals surface area (Å²) in [6.07, 6.45) is 2.11. The van der Waals surface area contributed by atoms with Gasteiger partial charge in [-0.1, -0.05) is 60.6 Å². The summed E-state index contributed by atoms with van der Waals surface area (Å²) in [6.45, 7) is 5.94. The number of nitrogens with zero attached hydrogens (tertiary/aromatic N) is 5. The van der Waals surface area contributed by atoms with Gasteiger partial charge in [0.1, 0.15) is 10.7 Å². The zero-order valence-corrected chi connectivity index (χ0v) is 22.0. The molecule has 0 aliphatic carbocycles. The highest BCUT2D eigenvalue weighted by Crippen LogP contribution is 2.34. The molecule has 2 aromatic carbocycles. The number of hydrogen-bond donors (Lipinski definition) is 0. The summed E-state index contributed by atoms with van der Waals surface area (Å²) in [6, 6.07) is 15.8. The van der Waals surface area contributed by atoms with Crippen LogP contribution in [0.1, 0.15) is 40.8 Å². The summed E-state index contributed by atoms with van der Waals surface area (Å²) >= 11 is 9.58. The summed E-state index contributed by atoms with van der Waals surface area (Å²) in [5.41, 5.74) is 3.48. The van der Waals surface area contributed by atoms with Crippen molar-refractivity contribution in [3.05, 3.63) is 75.2 Å². The number of benzene rings is 2. The second-order valence-corrected chi connectivity index (χ2v) is 11.1. The van der Waals surface area contributed by atoms with E-state index in [-0.39, 0.29) is 5.91 Å². The van der Waals surface area contributed by atoms with Crippen molar-refractivity contribution in [2.24, 2.45) is 5.92 Å². The second-order valence-electron chi connectivity index (χ2n) is 8.80. The van der Waals surface area contributed by atoms with E-state index in [4.69, 9.17) is 11.6 Å². The molecule has 1 amide bonds. The highest BCUT2D eigenvalue weighted by molar-refractivity contribution is 7.98. The molecule has 1 aliphatic heterocycles. The predicted octanol–water partition coefficient (Wildman–Crippen LogP) is 6.52. The molecule has 0 radical (unpaired) electrons. The maximum atomic E-state index is 12.9. The highest BCUT2D eigenvalue weighted by atomic mass is 35.5. The van der Waals surface area contributed by atoms with Crippen molar-refractivity contribution in [1.82, 2.24) is 24.6 Å². The molecule has 4 aromatic rings. The van der Waals surface area contributed by atoms with Crippen molar-refractivity contribution < 1.29 is 4.79 Å². The van der Waals surface area contributed by atoms with E-state index in [9.17, 15) is 4.79 Å². The summed E-state index contributed by atoms with van der Waals surface area (Å²) < 4.78 is 2.05. The van der Waals surface area contributed by atoms with Crippen LogP contribution in [0, 0.1) is 12.8 Å². The number of carbonyl (C=O) groups is 1. The predicted molar refractivity (Wildman–Crippen MR) is 143 cm³/mol. The number of carbonyl (C=O) groups excluding carboxylic acids is 1. The Labute approximate surface area is 218 Å². The van der Waals surface area contributed by atoms with Crippen LogP contribution in [0.5, 0.6) is 0 Å². The molecule has 0 unspecified atom stereocenters. The third-order valence-electron chi connectivity index (χ3n) is 6.27. The lowest BCUT2D eigenvalue weighted by Crippen LogP contribution is -2.38. The zero-order valence-electron chi connectivity index (χ0n) is 19.6. The second kappa shape index (κ2) is 10.5. The Balaban J connectivity index is 1.39. The van der Waals surface area contributed by atoms with E-state index >= 15 is 0 Å². The molecular formula is C26H26ClN5OS2. The molecule has 9 heteroatoms. The van der Waals surface area contributed by atoms with Crippen LogP contribution >= 0.6 is 34.7 Å². The number of para-hydroxylation sites is 1. The summed E-state index contributed by atoms with van der Waals surface area (Å²) in [4.78, 5) is 19.5. The fraction of sp³-hybridized carbons (Fsp3) is 0.308. The Morgan fingerprint density at radius 3 is 2.63 bits per heavy atom. The Morgan fingerprint density at radius 2 is 1.86 bits per heavy atom. The third kappa shape index (κ3) is 5.15. The zero-order chi connectivity index (χ0) is 24.4. The van der Waals surface area contributed by atoms with E-state index < -0.39 is 0 Å². The number of aryl methyl sites for hydroxylation is 1. The molecule has 35 heavy (non-hydrogen) atoms. The minimum atomic E-state index is 0.0356. The SMILES string of the molecule is Cc1ccccc1-n1c(SCc2nc(C(=O)N3CCC(C)CC3)cs2)nnc1-c1ccccc1Cl. The number of aromatic nitrogens is 4. The average molecular weight is 524 g/mol. The number of halogens is 1. The van der Waals surface area contributed by atoms with Gasteiger partial charge in [-0.05, 0) is 49.4 Å². The van der Waals surface area contributed by atoms with Crippen LogP contribution in [0.25, 0.3) is 17.1 Å². The molecule has 0 spiro atoms. The van der Waals surface area contributed by atoms with Gasteiger partial charge in [-0.25, -0.2) is 4.98 Å². The van der Waals surface area contributed by atoms with Gasteiger partial charge in [0.15, 0.2) is 11.0 Å². The summed E-state index contributed by atoms with van der Waals surface area (Å²) in [5, 5.41) is 13.2. The fourth-order valence-corrected chi connectivity index (χ4v) is 6.14. The van der Waals surface area contributed by atoms with E-state index in [0.717, 1.165) is 52.9 Å². The molecular weight excluding hydrogens is 498 g/mol. The summed E-state index contributed by atoms with van der Waals surface area (Å²) in [7, 11) is 0. The van der Waals surface area contributed by atoms with Crippen molar-refractivity contribution in [2.75, 3.05) is 13.1 Å². The molecule has 6 nitrogen and oxygen atoms in total. The van der Waals surface area contributed by atoms with Crippen LogP contribution in [-0.2, 0) is 5.75 Å². The van der Waals surface area contributed by atoms with E-state index in [0.29, 0.717) is 28.2 Å². The first-order valence-electron chi connectivity index (χ1n) is 11.6. The van der Waals surface area contributed by atoms with Crippen molar-refractivity contribution in [2.45, 2.75) is 37.6 Å². The van der Waals surface area contributed by atoms with E-state index in [1.54, 1.807) is 11.8 Å². The monoisotopic (exact) mass is 523 g/mol. The molecule has 180 valence electrons. The van der Waals surface area contributed by atoms with Gasteiger partial charge in [-0.15, -0.1) is 21.5 Å². The van der Waals surface area contributed by atoms with E-state index in [1.807, 2.05) is 46.7 Å². The van der Waals surface area contributed by atoms with Gasteiger partial charge in [0.25, 0.3) is 5.91 Å². The summed E-state index contributed by atoms with van der Waals surface area (Å²) in [5.74, 6) is 2.01. The Kier molecular flexibility index (Phi) is 7.22.